The first kappa shape index (κ1) is 17.3. The van der Waals surface area contributed by atoms with Gasteiger partial charge in [-0.1, -0.05) is 13.0 Å². The molecular formula is C14H20F3N3O. The molecule has 4 nitrogen and oxygen atoms in total. The Morgan fingerprint density at radius 3 is 2.48 bits per heavy atom. The standard InChI is InChI=1S/C14H20F3N3O/c1-4-13(2,9-18)20(3)12(21)19-11-7-5-6-10(8-11)14(15,16)17/h5-8H,4,9,18H2,1-3H3,(H,19,21). The van der Waals surface area contributed by atoms with Gasteiger partial charge in [0.1, 0.15) is 0 Å². The van der Waals surface area contributed by atoms with Crippen molar-refractivity contribution in [2.24, 2.45) is 5.73 Å². The molecule has 1 aromatic rings. The summed E-state index contributed by atoms with van der Waals surface area (Å²) in [6, 6.07) is 4.02. The molecule has 1 rings (SSSR count). The number of halogens is 3. The van der Waals surface area contributed by atoms with E-state index in [2.05, 4.69) is 5.32 Å². The van der Waals surface area contributed by atoms with Gasteiger partial charge in [0, 0.05) is 19.3 Å². The molecule has 0 aliphatic heterocycles. The van der Waals surface area contributed by atoms with Crippen molar-refractivity contribution in [1.82, 2.24) is 4.90 Å². The number of alkyl halides is 3. The Morgan fingerprint density at radius 1 is 1.38 bits per heavy atom. The van der Waals surface area contributed by atoms with Gasteiger partial charge < -0.3 is 16.0 Å². The summed E-state index contributed by atoms with van der Waals surface area (Å²) < 4.78 is 37.9. The minimum absolute atomic E-state index is 0.0946. The van der Waals surface area contributed by atoms with Crippen LogP contribution in [0.4, 0.5) is 23.7 Å². The fourth-order valence-corrected chi connectivity index (χ4v) is 1.74. The minimum Gasteiger partial charge on any atom is -0.328 e. The first-order valence-corrected chi connectivity index (χ1v) is 6.56. The van der Waals surface area contributed by atoms with Crippen LogP contribution in [0, 0.1) is 0 Å². The molecule has 2 amide bonds. The average Bonchev–Trinajstić information content (AvgIpc) is 2.45. The van der Waals surface area contributed by atoms with Crippen LogP contribution in [0.5, 0.6) is 0 Å². The molecular weight excluding hydrogens is 283 g/mol. The first-order valence-electron chi connectivity index (χ1n) is 6.56. The number of nitrogens with one attached hydrogen (secondary N) is 1. The highest BCUT2D eigenvalue weighted by Crippen LogP contribution is 2.30. The van der Waals surface area contributed by atoms with Gasteiger partial charge in [-0.2, -0.15) is 13.2 Å². The number of nitrogens with two attached hydrogens (primary N) is 1. The molecule has 0 saturated heterocycles. The van der Waals surface area contributed by atoms with Gasteiger partial charge in [-0.15, -0.1) is 0 Å². The van der Waals surface area contributed by atoms with Crippen LogP contribution >= 0.6 is 0 Å². The van der Waals surface area contributed by atoms with Crippen molar-refractivity contribution < 1.29 is 18.0 Å². The largest absolute Gasteiger partial charge is 0.416 e. The fourth-order valence-electron chi connectivity index (χ4n) is 1.74. The zero-order valence-corrected chi connectivity index (χ0v) is 12.3. The molecule has 0 bridgehead atoms. The predicted octanol–water partition coefficient (Wildman–Crippen LogP) is 3.30. The molecule has 0 aliphatic carbocycles. The molecule has 0 spiro atoms. The van der Waals surface area contributed by atoms with E-state index in [9.17, 15) is 18.0 Å². The minimum atomic E-state index is -4.44. The Balaban J connectivity index is 2.89. The van der Waals surface area contributed by atoms with E-state index >= 15 is 0 Å². The number of amides is 2. The maximum atomic E-state index is 12.6. The molecule has 7 heteroatoms. The van der Waals surface area contributed by atoms with Gasteiger partial charge in [0.2, 0.25) is 0 Å². The second kappa shape index (κ2) is 6.34. The SMILES string of the molecule is CCC(C)(CN)N(C)C(=O)Nc1cccc(C(F)(F)F)c1. The van der Waals surface area contributed by atoms with Crippen LogP contribution in [0.1, 0.15) is 25.8 Å². The van der Waals surface area contributed by atoms with Gasteiger partial charge in [-0.3, -0.25) is 0 Å². The number of hydrogen-bond donors (Lipinski definition) is 2. The maximum absolute atomic E-state index is 12.6. The van der Waals surface area contributed by atoms with Gasteiger partial charge in [0.15, 0.2) is 0 Å². The van der Waals surface area contributed by atoms with E-state index in [1.807, 2.05) is 13.8 Å². The van der Waals surface area contributed by atoms with Gasteiger partial charge >= 0.3 is 12.2 Å². The van der Waals surface area contributed by atoms with Crippen LogP contribution < -0.4 is 11.1 Å². The molecule has 0 radical (unpaired) electrons. The third kappa shape index (κ3) is 4.10. The third-order valence-electron chi connectivity index (χ3n) is 3.76. The number of likely N-dealkylation sites (N-methyl/N-ethyl adjacent to an activating group) is 1. The number of anilines is 1. The topological polar surface area (TPSA) is 58.4 Å². The molecule has 1 atom stereocenters. The summed E-state index contributed by atoms with van der Waals surface area (Å²) in [4.78, 5) is 13.5. The van der Waals surface area contributed by atoms with E-state index < -0.39 is 23.3 Å². The molecule has 0 heterocycles. The highest BCUT2D eigenvalue weighted by atomic mass is 19.4. The van der Waals surface area contributed by atoms with E-state index in [0.717, 1.165) is 12.1 Å². The van der Waals surface area contributed by atoms with Crippen molar-refractivity contribution in [3.63, 3.8) is 0 Å². The summed E-state index contributed by atoms with van der Waals surface area (Å²) in [6.07, 6.45) is -3.81. The monoisotopic (exact) mass is 303 g/mol. The summed E-state index contributed by atoms with van der Waals surface area (Å²) in [5.41, 5.74) is 4.40. The maximum Gasteiger partial charge on any atom is 0.416 e. The first-order chi connectivity index (χ1) is 9.64. The van der Waals surface area contributed by atoms with Crippen molar-refractivity contribution in [3.8, 4) is 0 Å². The molecule has 3 N–H and O–H groups in total. The molecule has 0 aromatic heterocycles. The van der Waals surface area contributed by atoms with Gasteiger partial charge in [0.05, 0.1) is 11.1 Å². The summed E-state index contributed by atoms with van der Waals surface area (Å²) in [5.74, 6) is 0. The zero-order chi connectivity index (χ0) is 16.3. The molecule has 1 unspecified atom stereocenters. The van der Waals surface area contributed by atoms with Crippen LogP contribution in [-0.4, -0.2) is 30.1 Å². The van der Waals surface area contributed by atoms with E-state index in [4.69, 9.17) is 5.73 Å². The Morgan fingerprint density at radius 2 is 2.00 bits per heavy atom. The normalized spacial score (nSPS) is 14.4. The highest BCUT2D eigenvalue weighted by molar-refractivity contribution is 5.89. The Kier molecular flexibility index (Phi) is 5.22. The van der Waals surface area contributed by atoms with E-state index in [1.54, 1.807) is 7.05 Å². The Hall–Kier alpha value is -1.76. The molecule has 118 valence electrons. The van der Waals surface area contributed by atoms with Crippen molar-refractivity contribution in [1.29, 1.82) is 0 Å². The fraction of sp³-hybridized carbons (Fsp3) is 0.500. The number of carbonyl (C=O) groups excluding carboxylic acids is 1. The summed E-state index contributed by atoms with van der Waals surface area (Å²) in [6.45, 7) is 3.97. The van der Waals surface area contributed by atoms with Crippen LogP contribution in [0.15, 0.2) is 24.3 Å². The van der Waals surface area contributed by atoms with Gasteiger partial charge in [0.25, 0.3) is 0 Å². The second-order valence-corrected chi connectivity index (χ2v) is 5.12. The van der Waals surface area contributed by atoms with Crippen LogP contribution in [0.3, 0.4) is 0 Å². The van der Waals surface area contributed by atoms with Crippen LogP contribution in [-0.2, 0) is 6.18 Å². The number of urea groups is 1. The van der Waals surface area contributed by atoms with Crippen molar-refractivity contribution in [2.75, 3.05) is 18.9 Å². The van der Waals surface area contributed by atoms with Gasteiger partial charge in [-0.25, -0.2) is 4.79 Å². The van der Waals surface area contributed by atoms with Crippen LogP contribution in [0.25, 0.3) is 0 Å². The summed E-state index contributed by atoms with van der Waals surface area (Å²) in [5, 5.41) is 2.46. The van der Waals surface area contributed by atoms with E-state index in [0.29, 0.717) is 6.42 Å². The lowest BCUT2D eigenvalue weighted by molar-refractivity contribution is -0.137. The molecule has 21 heavy (non-hydrogen) atoms. The van der Waals surface area contributed by atoms with Crippen molar-refractivity contribution >= 4 is 11.7 Å². The lowest BCUT2D eigenvalue weighted by Crippen LogP contribution is -2.53. The predicted molar refractivity (Wildman–Crippen MR) is 76.0 cm³/mol. The Bertz CT molecular complexity index is 498. The van der Waals surface area contributed by atoms with Crippen molar-refractivity contribution in [2.45, 2.75) is 32.0 Å². The number of nitrogens with zero attached hydrogens (tertiary/aromatic N) is 1. The summed E-state index contributed by atoms with van der Waals surface area (Å²) >= 11 is 0. The van der Waals surface area contributed by atoms with Crippen molar-refractivity contribution in [3.05, 3.63) is 29.8 Å². The van der Waals surface area contributed by atoms with Gasteiger partial charge in [-0.05, 0) is 31.5 Å². The Labute approximate surface area is 122 Å². The van der Waals surface area contributed by atoms with E-state index in [-0.39, 0.29) is 12.2 Å². The molecule has 1 aromatic carbocycles. The average molecular weight is 303 g/mol. The third-order valence-corrected chi connectivity index (χ3v) is 3.76. The number of benzene rings is 1. The smallest absolute Gasteiger partial charge is 0.328 e. The number of carbonyl (C=O) groups is 1. The quantitative estimate of drug-likeness (QED) is 0.896. The molecule has 0 fully saturated rings. The zero-order valence-electron chi connectivity index (χ0n) is 12.3. The van der Waals surface area contributed by atoms with Crippen LogP contribution in [0.2, 0.25) is 0 Å². The lowest BCUT2D eigenvalue weighted by atomic mass is 9.97. The summed E-state index contributed by atoms with van der Waals surface area (Å²) in [7, 11) is 1.57. The number of hydrogen-bond acceptors (Lipinski definition) is 2. The number of rotatable bonds is 4. The second-order valence-electron chi connectivity index (χ2n) is 5.12. The lowest BCUT2D eigenvalue weighted by Gasteiger charge is -2.37. The molecule has 0 saturated carbocycles. The van der Waals surface area contributed by atoms with E-state index in [1.165, 1.54) is 17.0 Å². The highest BCUT2D eigenvalue weighted by Gasteiger charge is 2.32. The molecule has 0 aliphatic rings.